The fraction of sp³-hybridized carbons (Fsp3) is 0.480. The molecule has 0 unspecified atom stereocenters. The van der Waals surface area contributed by atoms with E-state index in [1.54, 1.807) is 7.11 Å². The van der Waals surface area contributed by atoms with E-state index in [4.69, 9.17) is 14.2 Å². The van der Waals surface area contributed by atoms with Crippen LogP contribution in [-0.2, 0) is 25.6 Å². The van der Waals surface area contributed by atoms with E-state index in [1.807, 2.05) is 67.6 Å². The van der Waals surface area contributed by atoms with Crippen LogP contribution in [0.15, 0.2) is 60.7 Å². The van der Waals surface area contributed by atoms with Gasteiger partial charge in [0, 0.05) is 7.11 Å². The van der Waals surface area contributed by atoms with Crippen molar-refractivity contribution >= 4 is 5.97 Å². The molecule has 0 fully saturated rings. The molecule has 0 radical (unpaired) electrons. The van der Waals surface area contributed by atoms with Crippen LogP contribution >= 0.6 is 0 Å². The van der Waals surface area contributed by atoms with Gasteiger partial charge in [0.2, 0.25) is 0 Å². The molecule has 0 aliphatic carbocycles. The summed E-state index contributed by atoms with van der Waals surface area (Å²) in [4.78, 5) is 12.6. The van der Waals surface area contributed by atoms with Crippen LogP contribution in [0.4, 0.5) is 0 Å². The summed E-state index contributed by atoms with van der Waals surface area (Å²) in [6.07, 6.45) is 0.784. The van der Waals surface area contributed by atoms with Gasteiger partial charge in [0.25, 0.3) is 0 Å². The standard InChI is InChI=1S/C25H34O4/c1-5-28-25(26)22(16-19(2)3)17-23(29-18-20-12-8-6-9-13-20)24(27-4)21-14-10-7-11-15-21/h6-15,19,22-24H,5,16-18H2,1-4H3/t22-,23+,24-/m0/s1. The lowest BCUT2D eigenvalue weighted by Crippen LogP contribution is -2.31. The van der Waals surface area contributed by atoms with Crippen LogP contribution in [0, 0.1) is 11.8 Å². The Morgan fingerprint density at radius 1 is 0.931 bits per heavy atom. The number of ether oxygens (including phenoxy) is 3. The molecule has 0 heterocycles. The average molecular weight is 399 g/mol. The zero-order valence-electron chi connectivity index (χ0n) is 18.0. The summed E-state index contributed by atoms with van der Waals surface area (Å²) in [5.74, 6) is 0.00594. The topological polar surface area (TPSA) is 44.8 Å². The molecule has 158 valence electrons. The first-order chi connectivity index (χ1) is 14.0. The first-order valence-corrected chi connectivity index (χ1v) is 10.4. The highest BCUT2D eigenvalue weighted by atomic mass is 16.5. The summed E-state index contributed by atoms with van der Waals surface area (Å²) in [6.45, 7) is 6.94. The highest BCUT2D eigenvalue weighted by Crippen LogP contribution is 2.31. The van der Waals surface area contributed by atoms with Gasteiger partial charge in [-0.1, -0.05) is 74.5 Å². The van der Waals surface area contributed by atoms with Crippen molar-refractivity contribution in [3.63, 3.8) is 0 Å². The number of esters is 1. The predicted molar refractivity (Wildman–Crippen MR) is 115 cm³/mol. The van der Waals surface area contributed by atoms with E-state index < -0.39 is 0 Å². The Morgan fingerprint density at radius 3 is 2.10 bits per heavy atom. The van der Waals surface area contributed by atoms with E-state index in [0.29, 0.717) is 25.6 Å². The molecule has 2 rings (SSSR count). The van der Waals surface area contributed by atoms with Crippen molar-refractivity contribution in [1.82, 2.24) is 0 Å². The Morgan fingerprint density at radius 2 is 1.55 bits per heavy atom. The van der Waals surface area contributed by atoms with E-state index >= 15 is 0 Å². The van der Waals surface area contributed by atoms with Crippen molar-refractivity contribution in [2.24, 2.45) is 11.8 Å². The first-order valence-electron chi connectivity index (χ1n) is 10.4. The van der Waals surface area contributed by atoms with Gasteiger partial charge in [-0.25, -0.2) is 0 Å². The Labute approximate surface area is 175 Å². The number of carbonyl (C=O) groups is 1. The second-order valence-electron chi connectivity index (χ2n) is 7.72. The number of hydrogen-bond acceptors (Lipinski definition) is 4. The number of carbonyl (C=O) groups excluding carboxylic acids is 1. The monoisotopic (exact) mass is 398 g/mol. The maximum atomic E-state index is 12.6. The van der Waals surface area contributed by atoms with Crippen molar-refractivity contribution in [1.29, 1.82) is 0 Å². The number of rotatable bonds is 12. The Balaban J connectivity index is 2.24. The van der Waals surface area contributed by atoms with Gasteiger partial charge in [-0.15, -0.1) is 0 Å². The van der Waals surface area contributed by atoms with Crippen LogP contribution in [0.3, 0.4) is 0 Å². The molecule has 0 aliphatic heterocycles. The number of methoxy groups -OCH3 is 1. The maximum Gasteiger partial charge on any atom is 0.309 e. The third-order valence-corrected chi connectivity index (χ3v) is 4.92. The minimum atomic E-state index is -0.268. The normalized spacial score (nSPS) is 14.4. The SMILES string of the molecule is CCOC(=O)[C@@H](CC(C)C)C[C@@H](OCc1ccccc1)[C@@H](OC)c1ccccc1. The Hall–Kier alpha value is -2.17. The summed E-state index contributed by atoms with van der Waals surface area (Å²) in [5.41, 5.74) is 2.14. The molecule has 0 saturated carbocycles. The second kappa shape index (κ2) is 12.4. The molecule has 0 bridgehead atoms. The molecule has 2 aromatic rings. The molecule has 4 heteroatoms. The fourth-order valence-electron chi connectivity index (χ4n) is 3.60. The highest BCUT2D eigenvalue weighted by molar-refractivity contribution is 5.72. The predicted octanol–water partition coefficient (Wildman–Crippen LogP) is 5.58. The molecule has 0 spiro atoms. The zero-order chi connectivity index (χ0) is 21.1. The van der Waals surface area contributed by atoms with Crippen molar-refractivity contribution in [2.75, 3.05) is 13.7 Å². The van der Waals surface area contributed by atoms with Gasteiger partial charge in [0.1, 0.15) is 6.10 Å². The highest BCUT2D eigenvalue weighted by Gasteiger charge is 2.31. The summed E-state index contributed by atoms with van der Waals surface area (Å²) in [7, 11) is 1.69. The summed E-state index contributed by atoms with van der Waals surface area (Å²) in [6, 6.07) is 20.1. The summed E-state index contributed by atoms with van der Waals surface area (Å²) < 4.78 is 17.6. The second-order valence-corrected chi connectivity index (χ2v) is 7.72. The molecule has 0 aliphatic rings. The maximum absolute atomic E-state index is 12.6. The number of benzene rings is 2. The van der Waals surface area contributed by atoms with Gasteiger partial charge >= 0.3 is 5.97 Å². The summed E-state index contributed by atoms with van der Waals surface area (Å²) in [5, 5.41) is 0. The largest absolute Gasteiger partial charge is 0.466 e. The van der Waals surface area contributed by atoms with Crippen LogP contribution in [-0.4, -0.2) is 25.8 Å². The van der Waals surface area contributed by atoms with Gasteiger partial charge < -0.3 is 14.2 Å². The molecular weight excluding hydrogens is 364 g/mol. The van der Waals surface area contributed by atoms with E-state index in [-0.39, 0.29) is 24.1 Å². The van der Waals surface area contributed by atoms with Gasteiger partial charge in [-0.3, -0.25) is 4.79 Å². The van der Waals surface area contributed by atoms with E-state index in [1.165, 1.54) is 0 Å². The van der Waals surface area contributed by atoms with Gasteiger partial charge in [-0.05, 0) is 36.8 Å². The molecule has 0 amide bonds. The van der Waals surface area contributed by atoms with Crippen LogP contribution < -0.4 is 0 Å². The van der Waals surface area contributed by atoms with Crippen molar-refractivity contribution in [3.8, 4) is 0 Å². The van der Waals surface area contributed by atoms with Gasteiger partial charge in [-0.2, -0.15) is 0 Å². The van der Waals surface area contributed by atoms with Crippen LogP contribution in [0.2, 0.25) is 0 Å². The van der Waals surface area contributed by atoms with Crippen LogP contribution in [0.1, 0.15) is 50.8 Å². The lowest BCUT2D eigenvalue weighted by molar-refractivity contribution is -0.152. The van der Waals surface area contributed by atoms with Crippen LogP contribution in [0.25, 0.3) is 0 Å². The first kappa shape index (κ1) is 23.1. The molecule has 0 aromatic heterocycles. The Bertz CT molecular complexity index is 699. The summed E-state index contributed by atoms with van der Waals surface area (Å²) >= 11 is 0. The molecule has 0 N–H and O–H groups in total. The molecule has 2 aromatic carbocycles. The Kier molecular flexibility index (Phi) is 9.89. The van der Waals surface area contributed by atoms with E-state index in [0.717, 1.165) is 17.5 Å². The minimum absolute atomic E-state index is 0.155. The van der Waals surface area contributed by atoms with Gasteiger partial charge in [0.15, 0.2) is 0 Å². The van der Waals surface area contributed by atoms with Crippen molar-refractivity contribution in [3.05, 3.63) is 71.8 Å². The van der Waals surface area contributed by atoms with Gasteiger partial charge in [0.05, 0.1) is 25.2 Å². The zero-order valence-corrected chi connectivity index (χ0v) is 18.0. The molecule has 0 saturated heterocycles. The fourth-order valence-corrected chi connectivity index (χ4v) is 3.60. The molecule has 4 nitrogen and oxygen atoms in total. The lowest BCUT2D eigenvalue weighted by Gasteiger charge is -2.30. The number of hydrogen-bond donors (Lipinski definition) is 0. The molecule has 29 heavy (non-hydrogen) atoms. The van der Waals surface area contributed by atoms with E-state index in [2.05, 4.69) is 13.8 Å². The van der Waals surface area contributed by atoms with E-state index in [9.17, 15) is 4.79 Å². The molecule has 3 atom stereocenters. The lowest BCUT2D eigenvalue weighted by atomic mass is 9.88. The van der Waals surface area contributed by atoms with Crippen molar-refractivity contribution < 1.29 is 19.0 Å². The molecular formula is C25H34O4. The smallest absolute Gasteiger partial charge is 0.309 e. The minimum Gasteiger partial charge on any atom is -0.466 e. The average Bonchev–Trinajstić information content (AvgIpc) is 2.73. The third-order valence-electron chi connectivity index (χ3n) is 4.92. The van der Waals surface area contributed by atoms with Crippen molar-refractivity contribution in [2.45, 2.75) is 52.4 Å². The van der Waals surface area contributed by atoms with Crippen LogP contribution in [0.5, 0.6) is 0 Å². The quantitative estimate of drug-likeness (QED) is 0.438. The third kappa shape index (κ3) is 7.64.